The summed E-state index contributed by atoms with van der Waals surface area (Å²) in [5.74, 6) is 0.761. The Labute approximate surface area is 134 Å². The van der Waals surface area contributed by atoms with E-state index in [0.29, 0.717) is 23.2 Å². The van der Waals surface area contributed by atoms with Crippen molar-refractivity contribution in [3.63, 3.8) is 0 Å². The van der Waals surface area contributed by atoms with Gasteiger partial charge in [-0.25, -0.2) is 8.42 Å². The van der Waals surface area contributed by atoms with Crippen molar-refractivity contribution >= 4 is 27.1 Å². The quantitative estimate of drug-likeness (QED) is 0.639. The predicted molar refractivity (Wildman–Crippen MR) is 91.2 cm³/mol. The number of anilines is 1. The zero-order chi connectivity index (χ0) is 15.9. The Morgan fingerprint density at radius 1 is 1.10 bits per heavy atom. The standard InChI is InChI=1S/C16H26ClNO2S/c1-4-13-21(19,20)16-9-7-15(8-10-16)18(12-11-17)14(5-2)6-3/h7-10,14H,4-6,11-13H2,1-3H3. The third kappa shape index (κ3) is 4.89. The minimum Gasteiger partial charge on any atom is -0.367 e. The fraction of sp³-hybridized carbons (Fsp3) is 0.625. The highest BCUT2D eigenvalue weighted by molar-refractivity contribution is 7.91. The minimum absolute atomic E-state index is 0.199. The molecule has 0 fully saturated rings. The molecule has 1 rings (SSSR count). The number of halogens is 1. The molecule has 5 heteroatoms. The van der Waals surface area contributed by atoms with Gasteiger partial charge in [0.25, 0.3) is 0 Å². The molecular weight excluding hydrogens is 306 g/mol. The Balaban J connectivity index is 3.03. The van der Waals surface area contributed by atoms with Crippen molar-refractivity contribution in [2.45, 2.75) is 51.0 Å². The van der Waals surface area contributed by atoms with Gasteiger partial charge in [0, 0.05) is 24.2 Å². The van der Waals surface area contributed by atoms with E-state index in [-0.39, 0.29) is 5.75 Å². The van der Waals surface area contributed by atoms with Crippen molar-refractivity contribution in [2.75, 3.05) is 23.1 Å². The van der Waals surface area contributed by atoms with Crippen molar-refractivity contribution in [3.05, 3.63) is 24.3 Å². The largest absolute Gasteiger partial charge is 0.367 e. The SMILES string of the molecule is CCCS(=O)(=O)c1ccc(N(CCCl)C(CC)CC)cc1. The van der Waals surface area contributed by atoms with Gasteiger partial charge in [-0.2, -0.15) is 0 Å². The zero-order valence-electron chi connectivity index (χ0n) is 13.2. The van der Waals surface area contributed by atoms with E-state index in [1.807, 2.05) is 19.1 Å². The Morgan fingerprint density at radius 2 is 1.67 bits per heavy atom. The van der Waals surface area contributed by atoms with Gasteiger partial charge in [0.05, 0.1) is 10.6 Å². The van der Waals surface area contributed by atoms with Crippen molar-refractivity contribution in [2.24, 2.45) is 0 Å². The number of hydrogen-bond acceptors (Lipinski definition) is 3. The van der Waals surface area contributed by atoms with Crippen LogP contribution in [0.5, 0.6) is 0 Å². The van der Waals surface area contributed by atoms with Crippen LogP contribution in [0.25, 0.3) is 0 Å². The third-order valence-electron chi connectivity index (χ3n) is 3.71. The smallest absolute Gasteiger partial charge is 0.178 e. The second-order valence-corrected chi connectivity index (χ2v) is 7.65. The minimum atomic E-state index is -3.14. The summed E-state index contributed by atoms with van der Waals surface area (Å²) in [6, 6.07) is 7.65. The van der Waals surface area contributed by atoms with E-state index in [4.69, 9.17) is 11.6 Å². The second kappa shape index (κ2) is 8.64. The highest BCUT2D eigenvalue weighted by Gasteiger charge is 2.17. The lowest BCUT2D eigenvalue weighted by molar-refractivity contribution is 0.567. The highest BCUT2D eigenvalue weighted by Crippen LogP contribution is 2.23. The van der Waals surface area contributed by atoms with Gasteiger partial charge >= 0.3 is 0 Å². The van der Waals surface area contributed by atoms with Crippen LogP contribution in [0.15, 0.2) is 29.2 Å². The average molecular weight is 332 g/mol. The van der Waals surface area contributed by atoms with Gasteiger partial charge in [-0.1, -0.05) is 20.8 Å². The van der Waals surface area contributed by atoms with Crippen LogP contribution < -0.4 is 4.90 Å². The topological polar surface area (TPSA) is 37.4 Å². The fourth-order valence-corrected chi connectivity index (χ4v) is 4.08. The van der Waals surface area contributed by atoms with Crippen molar-refractivity contribution in [1.29, 1.82) is 0 Å². The molecule has 3 nitrogen and oxygen atoms in total. The summed E-state index contributed by atoms with van der Waals surface area (Å²) in [5, 5.41) is 0. The molecule has 0 atom stereocenters. The Morgan fingerprint density at radius 3 is 2.10 bits per heavy atom. The van der Waals surface area contributed by atoms with Crippen LogP contribution in [0.1, 0.15) is 40.0 Å². The fourth-order valence-electron chi connectivity index (χ4n) is 2.57. The molecule has 1 aromatic rings. The van der Waals surface area contributed by atoms with Crippen molar-refractivity contribution in [1.82, 2.24) is 0 Å². The summed E-state index contributed by atoms with van der Waals surface area (Å²) in [6.07, 6.45) is 2.72. The summed E-state index contributed by atoms with van der Waals surface area (Å²) in [6.45, 7) is 6.97. The lowest BCUT2D eigenvalue weighted by Crippen LogP contribution is -2.36. The van der Waals surface area contributed by atoms with E-state index < -0.39 is 9.84 Å². The van der Waals surface area contributed by atoms with Gasteiger partial charge in [-0.05, 0) is 43.5 Å². The molecule has 0 spiro atoms. The monoisotopic (exact) mass is 331 g/mol. The Bertz CT molecular complexity index is 510. The maximum Gasteiger partial charge on any atom is 0.178 e. The van der Waals surface area contributed by atoms with Gasteiger partial charge in [0.15, 0.2) is 9.84 Å². The first-order valence-corrected chi connectivity index (χ1v) is 9.84. The molecule has 1 aromatic carbocycles. The molecule has 120 valence electrons. The molecule has 0 saturated heterocycles. The molecule has 0 aliphatic rings. The summed E-state index contributed by atoms with van der Waals surface area (Å²) >= 11 is 5.91. The summed E-state index contributed by atoms with van der Waals surface area (Å²) in [7, 11) is -3.14. The Hall–Kier alpha value is -0.740. The average Bonchev–Trinajstić information content (AvgIpc) is 2.47. The first-order valence-electron chi connectivity index (χ1n) is 7.65. The molecule has 0 radical (unpaired) electrons. The maximum atomic E-state index is 12.1. The molecular formula is C16H26ClNO2S. The highest BCUT2D eigenvalue weighted by atomic mass is 35.5. The first kappa shape index (κ1) is 18.3. The zero-order valence-corrected chi connectivity index (χ0v) is 14.8. The second-order valence-electron chi connectivity index (χ2n) is 5.17. The maximum absolute atomic E-state index is 12.1. The van der Waals surface area contributed by atoms with Crippen LogP contribution in [-0.2, 0) is 9.84 Å². The number of benzene rings is 1. The van der Waals surface area contributed by atoms with Gasteiger partial charge in [-0.15, -0.1) is 11.6 Å². The number of alkyl halides is 1. The van der Waals surface area contributed by atoms with Crippen LogP contribution in [-0.4, -0.2) is 32.6 Å². The van der Waals surface area contributed by atoms with Gasteiger partial charge < -0.3 is 4.90 Å². The lowest BCUT2D eigenvalue weighted by atomic mass is 10.1. The molecule has 0 N–H and O–H groups in total. The molecule has 21 heavy (non-hydrogen) atoms. The van der Waals surface area contributed by atoms with E-state index in [9.17, 15) is 8.42 Å². The van der Waals surface area contributed by atoms with Gasteiger partial charge in [-0.3, -0.25) is 0 Å². The Kier molecular flexibility index (Phi) is 7.53. The van der Waals surface area contributed by atoms with Gasteiger partial charge in [0.2, 0.25) is 0 Å². The molecule has 0 bridgehead atoms. The van der Waals surface area contributed by atoms with Crippen LogP contribution in [0.4, 0.5) is 5.69 Å². The van der Waals surface area contributed by atoms with Crippen molar-refractivity contribution < 1.29 is 8.42 Å². The number of rotatable bonds is 9. The molecule has 0 aromatic heterocycles. The molecule has 0 saturated carbocycles. The normalized spacial score (nSPS) is 11.9. The summed E-state index contributed by atoms with van der Waals surface area (Å²) in [5.41, 5.74) is 1.04. The lowest BCUT2D eigenvalue weighted by Gasteiger charge is -2.32. The third-order valence-corrected chi connectivity index (χ3v) is 5.81. The molecule has 0 aliphatic carbocycles. The van der Waals surface area contributed by atoms with E-state index in [0.717, 1.165) is 25.1 Å². The number of sulfone groups is 1. The van der Waals surface area contributed by atoms with Crippen LogP contribution in [0.3, 0.4) is 0 Å². The summed E-state index contributed by atoms with van der Waals surface area (Å²) < 4.78 is 24.1. The number of nitrogens with zero attached hydrogens (tertiary/aromatic N) is 1. The molecule has 0 heterocycles. The van der Waals surface area contributed by atoms with Crippen LogP contribution in [0, 0.1) is 0 Å². The van der Waals surface area contributed by atoms with E-state index >= 15 is 0 Å². The van der Waals surface area contributed by atoms with E-state index in [1.165, 1.54) is 0 Å². The predicted octanol–water partition coefficient (Wildman–Crippen LogP) is 4.10. The first-order chi connectivity index (χ1) is 10.00. The van der Waals surface area contributed by atoms with Crippen LogP contribution in [0.2, 0.25) is 0 Å². The van der Waals surface area contributed by atoms with E-state index in [2.05, 4.69) is 18.7 Å². The van der Waals surface area contributed by atoms with Crippen LogP contribution >= 0.6 is 11.6 Å². The number of hydrogen-bond donors (Lipinski definition) is 0. The molecule has 0 amide bonds. The van der Waals surface area contributed by atoms with Gasteiger partial charge in [0.1, 0.15) is 0 Å². The summed E-state index contributed by atoms with van der Waals surface area (Å²) in [4.78, 5) is 2.67. The van der Waals surface area contributed by atoms with E-state index in [1.54, 1.807) is 12.1 Å². The van der Waals surface area contributed by atoms with Crippen molar-refractivity contribution in [3.8, 4) is 0 Å². The molecule has 0 aliphatic heterocycles. The molecule has 0 unspecified atom stereocenters.